The van der Waals surface area contributed by atoms with Crippen molar-refractivity contribution >= 4 is 22.8 Å². The predicted octanol–water partition coefficient (Wildman–Crippen LogP) is 1.01. The van der Waals surface area contributed by atoms with Crippen LogP contribution in [-0.2, 0) is 4.79 Å². The molecule has 2 aromatic heterocycles. The summed E-state index contributed by atoms with van der Waals surface area (Å²) in [6.45, 7) is 3.08. The van der Waals surface area contributed by atoms with E-state index in [1.807, 2.05) is 17.2 Å². The third kappa shape index (κ3) is 2.43. The van der Waals surface area contributed by atoms with Gasteiger partial charge in [-0.3, -0.25) is 4.79 Å². The van der Waals surface area contributed by atoms with Crippen LogP contribution in [0.1, 0.15) is 19.8 Å². The molecule has 128 valence electrons. The Morgan fingerprint density at radius 3 is 2.75 bits per heavy atom. The Bertz CT molecular complexity index is 744. The minimum Gasteiger partial charge on any atom is -0.384 e. The first-order valence-corrected chi connectivity index (χ1v) is 8.52. The van der Waals surface area contributed by atoms with Crippen molar-refractivity contribution in [1.82, 2.24) is 19.9 Å². The lowest BCUT2D eigenvalue weighted by molar-refractivity contribution is -0.138. The third-order valence-corrected chi connectivity index (χ3v) is 5.61. The van der Waals surface area contributed by atoms with Gasteiger partial charge in [-0.1, -0.05) is 0 Å². The molecule has 2 N–H and O–H groups in total. The highest BCUT2D eigenvalue weighted by Gasteiger charge is 2.44. The normalized spacial score (nSPS) is 27.5. The number of nitrogens with one attached hydrogen (secondary N) is 1. The number of amides is 1. The molecule has 0 bridgehead atoms. The highest BCUT2D eigenvalue weighted by Crippen LogP contribution is 2.41. The Morgan fingerprint density at radius 1 is 1.38 bits per heavy atom. The summed E-state index contributed by atoms with van der Waals surface area (Å²) in [6.07, 6.45) is 4.70. The van der Waals surface area contributed by atoms with Gasteiger partial charge in [0.2, 0.25) is 0 Å². The van der Waals surface area contributed by atoms with Crippen LogP contribution in [0, 0.1) is 11.8 Å². The molecule has 1 aliphatic carbocycles. The van der Waals surface area contributed by atoms with Gasteiger partial charge in [-0.2, -0.15) is 0 Å². The fraction of sp³-hybridized carbons (Fsp3) is 0.588. The molecule has 4 atom stereocenters. The van der Waals surface area contributed by atoms with E-state index < -0.39 is 6.10 Å². The van der Waals surface area contributed by atoms with Crippen molar-refractivity contribution in [2.24, 2.45) is 11.8 Å². The summed E-state index contributed by atoms with van der Waals surface area (Å²) in [5, 5.41) is 10.5. The molecular weight excluding hydrogens is 306 g/mol. The van der Waals surface area contributed by atoms with Gasteiger partial charge in [-0.05, 0) is 37.7 Å². The number of carbonyl (C=O) groups excluding carboxylic acids is 1. The molecule has 1 aliphatic heterocycles. The van der Waals surface area contributed by atoms with Gasteiger partial charge in [0.05, 0.1) is 5.39 Å². The lowest BCUT2D eigenvalue weighted by Gasteiger charge is -2.28. The Balaban J connectivity index is 1.47. The van der Waals surface area contributed by atoms with E-state index in [2.05, 4.69) is 26.9 Å². The van der Waals surface area contributed by atoms with Gasteiger partial charge in [-0.25, -0.2) is 9.97 Å². The van der Waals surface area contributed by atoms with E-state index in [1.165, 1.54) is 0 Å². The number of hydrogen-bond donors (Lipinski definition) is 2. The van der Waals surface area contributed by atoms with Crippen molar-refractivity contribution in [3.05, 3.63) is 18.6 Å². The van der Waals surface area contributed by atoms with Gasteiger partial charge >= 0.3 is 0 Å². The molecule has 2 fully saturated rings. The van der Waals surface area contributed by atoms with Gasteiger partial charge in [-0.15, -0.1) is 0 Å². The highest BCUT2D eigenvalue weighted by atomic mass is 16.3. The van der Waals surface area contributed by atoms with E-state index in [0.29, 0.717) is 17.9 Å². The van der Waals surface area contributed by atoms with Crippen molar-refractivity contribution < 1.29 is 9.90 Å². The molecule has 0 radical (unpaired) electrons. The molecule has 1 saturated carbocycles. The number of anilines is 1. The Morgan fingerprint density at radius 2 is 2.08 bits per heavy atom. The van der Waals surface area contributed by atoms with E-state index in [-0.39, 0.29) is 5.91 Å². The number of aromatic nitrogens is 3. The standard InChI is InChI=1S/C17H23N5O2/c1-10(23)17(24)22-7-11-5-13(6-12(11)8-22)21(2)16-14-3-4-18-15(14)19-9-20-16/h3-4,9-13,23H,5-8H2,1-2H3,(H,18,19,20)/t10-,11+,12?,13-/m1/s1. The fourth-order valence-corrected chi connectivity index (χ4v) is 4.34. The molecule has 4 rings (SSSR count). The van der Waals surface area contributed by atoms with Gasteiger partial charge in [0.15, 0.2) is 0 Å². The SMILES string of the molecule is C[C@@H](O)C(=O)N1CC2C[C@H](N(C)c3ncnc4[nH]ccc34)C[C@H]2C1. The molecule has 1 amide bonds. The first-order chi connectivity index (χ1) is 11.5. The van der Waals surface area contributed by atoms with Crippen molar-refractivity contribution in [3.8, 4) is 0 Å². The van der Waals surface area contributed by atoms with Crippen molar-refractivity contribution in [1.29, 1.82) is 0 Å². The van der Waals surface area contributed by atoms with Crippen molar-refractivity contribution in [2.45, 2.75) is 31.9 Å². The molecule has 1 saturated heterocycles. The summed E-state index contributed by atoms with van der Waals surface area (Å²) in [5.74, 6) is 1.86. The average molecular weight is 329 g/mol. The van der Waals surface area contributed by atoms with Gasteiger partial charge in [0.25, 0.3) is 5.91 Å². The van der Waals surface area contributed by atoms with Gasteiger partial charge in [0, 0.05) is 32.4 Å². The second-order valence-electron chi connectivity index (χ2n) is 7.11. The van der Waals surface area contributed by atoms with E-state index in [4.69, 9.17) is 0 Å². The van der Waals surface area contributed by atoms with E-state index in [9.17, 15) is 9.90 Å². The Labute approximate surface area is 140 Å². The summed E-state index contributed by atoms with van der Waals surface area (Å²) in [6, 6.07) is 2.44. The first-order valence-electron chi connectivity index (χ1n) is 8.52. The second-order valence-corrected chi connectivity index (χ2v) is 7.11. The number of H-pyrrole nitrogens is 1. The van der Waals surface area contributed by atoms with Crippen LogP contribution in [0.2, 0.25) is 0 Å². The van der Waals surface area contributed by atoms with Crippen LogP contribution in [0.15, 0.2) is 18.6 Å². The number of aliphatic hydroxyl groups excluding tert-OH is 1. The second kappa shape index (κ2) is 5.73. The molecule has 7 heteroatoms. The number of rotatable bonds is 3. The van der Waals surface area contributed by atoms with Crippen LogP contribution in [0.25, 0.3) is 11.0 Å². The summed E-state index contributed by atoms with van der Waals surface area (Å²) in [4.78, 5) is 27.9. The minimum absolute atomic E-state index is 0.140. The lowest BCUT2D eigenvalue weighted by atomic mass is 10.0. The molecule has 24 heavy (non-hydrogen) atoms. The molecule has 1 unspecified atom stereocenters. The van der Waals surface area contributed by atoms with E-state index in [0.717, 1.165) is 42.8 Å². The molecule has 0 spiro atoms. The molecule has 0 aromatic carbocycles. The number of nitrogens with zero attached hydrogens (tertiary/aromatic N) is 4. The van der Waals surface area contributed by atoms with E-state index in [1.54, 1.807) is 13.3 Å². The molecule has 2 aliphatic rings. The smallest absolute Gasteiger partial charge is 0.251 e. The third-order valence-electron chi connectivity index (χ3n) is 5.61. The van der Waals surface area contributed by atoms with Gasteiger partial charge < -0.3 is 19.9 Å². The number of aliphatic hydroxyl groups is 1. The minimum atomic E-state index is -0.898. The van der Waals surface area contributed by atoms with Crippen LogP contribution < -0.4 is 4.90 Å². The van der Waals surface area contributed by atoms with Crippen LogP contribution in [0.4, 0.5) is 5.82 Å². The van der Waals surface area contributed by atoms with Crippen LogP contribution in [0.3, 0.4) is 0 Å². The number of hydrogen-bond acceptors (Lipinski definition) is 5. The molecule has 2 aromatic rings. The van der Waals surface area contributed by atoms with E-state index >= 15 is 0 Å². The predicted molar refractivity (Wildman–Crippen MR) is 90.6 cm³/mol. The summed E-state index contributed by atoms with van der Waals surface area (Å²) in [7, 11) is 2.10. The number of fused-ring (bicyclic) bond motifs is 2. The van der Waals surface area contributed by atoms with Crippen molar-refractivity contribution in [3.63, 3.8) is 0 Å². The zero-order chi connectivity index (χ0) is 16.8. The maximum Gasteiger partial charge on any atom is 0.251 e. The zero-order valence-corrected chi connectivity index (χ0v) is 14.0. The Kier molecular flexibility index (Phi) is 3.68. The lowest BCUT2D eigenvalue weighted by Crippen LogP contribution is -2.38. The average Bonchev–Trinajstić information content (AvgIpc) is 3.26. The fourth-order valence-electron chi connectivity index (χ4n) is 4.34. The maximum atomic E-state index is 12.0. The molecule has 3 heterocycles. The monoisotopic (exact) mass is 329 g/mol. The van der Waals surface area contributed by atoms with Gasteiger partial charge in [0.1, 0.15) is 23.9 Å². The highest BCUT2D eigenvalue weighted by molar-refractivity contribution is 5.87. The number of likely N-dealkylation sites (tertiary alicyclic amines) is 1. The summed E-state index contributed by atoms with van der Waals surface area (Å²) < 4.78 is 0. The topological polar surface area (TPSA) is 85.3 Å². The summed E-state index contributed by atoms with van der Waals surface area (Å²) >= 11 is 0. The number of carbonyl (C=O) groups is 1. The maximum absolute atomic E-state index is 12.0. The Hall–Kier alpha value is -2.15. The zero-order valence-electron chi connectivity index (χ0n) is 14.0. The largest absolute Gasteiger partial charge is 0.384 e. The van der Waals surface area contributed by atoms with Crippen LogP contribution >= 0.6 is 0 Å². The summed E-state index contributed by atoms with van der Waals surface area (Å²) in [5.41, 5.74) is 0.860. The van der Waals surface area contributed by atoms with Crippen LogP contribution in [-0.4, -0.2) is 63.1 Å². The first kappa shape index (κ1) is 15.4. The van der Waals surface area contributed by atoms with Crippen LogP contribution in [0.5, 0.6) is 0 Å². The molecular formula is C17H23N5O2. The quantitative estimate of drug-likeness (QED) is 0.878. The number of aromatic amines is 1. The van der Waals surface area contributed by atoms with Crippen molar-refractivity contribution in [2.75, 3.05) is 25.0 Å². The molecule has 7 nitrogen and oxygen atoms in total.